The number of thioether (sulfide) groups is 1. The molecule has 54 valence electrons. The van der Waals surface area contributed by atoms with Crippen LogP contribution in [0, 0.1) is 0 Å². The quantitative estimate of drug-likeness (QED) is 0.591. The first-order valence-electron chi connectivity index (χ1n) is 3.66. The molecule has 0 aromatic rings. The van der Waals surface area contributed by atoms with Crippen molar-refractivity contribution in [2.75, 3.05) is 12.4 Å². The van der Waals surface area contributed by atoms with Gasteiger partial charge >= 0.3 is 0 Å². The van der Waals surface area contributed by atoms with E-state index >= 15 is 0 Å². The standard InChI is InChI=1S/C7H14OS/c1-2-9-7-5-3-4-6-8-7/h7H,2-6H2,1H3. The fraction of sp³-hybridized carbons (Fsp3) is 1.00. The molecular formula is C7H14OS. The van der Waals surface area contributed by atoms with E-state index < -0.39 is 0 Å². The summed E-state index contributed by atoms with van der Waals surface area (Å²) in [6.45, 7) is 3.17. The molecule has 1 saturated heterocycles. The third-order valence-electron chi connectivity index (χ3n) is 1.49. The molecule has 0 aliphatic carbocycles. The molecule has 1 rings (SSSR count). The highest BCUT2D eigenvalue weighted by Crippen LogP contribution is 2.22. The average Bonchev–Trinajstić information content (AvgIpc) is 1.91. The maximum Gasteiger partial charge on any atom is 0.103 e. The average molecular weight is 146 g/mol. The largest absolute Gasteiger partial charge is 0.368 e. The Hall–Kier alpha value is 0.310. The summed E-state index contributed by atoms with van der Waals surface area (Å²) < 4.78 is 5.48. The minimum atomic E-state index is 0.517. The van der Waals surface area contributed by atoms with Crippen LogP contribution in [0.15, 0.2) is 0 Å². The van der Waals surface area contributed by atoms with Gasteiger partial charge < -0.3 is 4.74 Å². The van der Waals surface area contributed by atoms with E-state index in [1.165, 1.54) is 25.0 Å². The molecule has 1 nitrogen and oxygen atoms in total. The van der Waals surface area contributed by atoms with Gasteiger partial charge in [0.05, 0.1) is 0 Å². The highest BCUT2D eigenvalue weighted by atomic mass is 32.2. The summed E-state index contributed by atoms with van der Waals surface area (Å²) in [7, 11) is 0. The van der Waals surface area contributed by atoms with E-state index in [9.17, 15) is 0 Å². The van der Waals surface area contributed by atoms with E-state index in [-0.39, 0.29) is 0 Å². The minimum Gasteiger partial charge on any atom is -0.368 e. The first kappa shape index (κ1) is 7.42. The van der Waals surface area contributed by atoms with Crippen LogP contribution in [0.25, 0.3) is 0 Å². The van der Waals surface area contributed by atoms with Gasteiger partial charge in [-0.2, -0.15) is 0 Å². The number of rotatable bonds is 2. The summed E-state index contributed by atoms with van der Waals surface area (Å²) in [6.07, 6.45) is 3.89. The monoisotopic (exact) mass is 146 g/mol. The summed E-state index contributed by atoms with van der Waals surface area (Å²) in [6, 6.07) is 0. The van der Waals surface area contributed by atoms with Gasteiger partial charge in [0.15, 0.2) is 0 Å². The van der Waals surface area contributed by atoms with E-state index in [1.807, 2.05) is 11.8 Å². The molecule has 1 heterocycles. The number of ether oxygens (including phenoxy) is 1. The van der Waals surface area contributed by atoms with Crippen LogP contribution in [0.2, 0.25) is 0 Å². The van der Waals surface area contributed by atoms with Crippen LogP contribution < -0.4 is 0 Å². The number of hydrogen-bond acceptors (Lipinski definition) is 2. The predicted octanol–water partition coefficient (Wildman–Crippen LogP) is 2.27. The van der Waals surface area contributed by atoms with Crippen molar-refractivity contribution in [1.29, 1.82) is 0 Å². The molecule has 1 atom stereocenters. The van der Waals surface area contributed by atoms with Gasteiger partial charge in [-0.3, -0.25) is 0 Å². The zero-order chi connectivity index (χ0) is 6.53. The second-order valence-electron chi connectivity index (χ2n) is 2.25. The van der Waals surface area contributed by atoms with Gasteiger partial charge in [0.1, 0.15) is 5.44 Å². The lowest BCUT2D eigenvalue weighted by atomic mass is 10.2. The Labute approximate surface area is 61.2 Å². The lowest BCUT2D eigenvalue weighted by Gasteiger charge is -2.20. The molecular weight excluding hydrogens is 132 g/mol. The van der Waals surface area contributed by atoms with Gasteiger partial charge in [-0.1, -0.05) is 6.92 Å². The minimum absolute atomic E-state index is 0.517. The molecule has 0 spiro atoms. The first-order valence-corrected chi connectivity index (χ1v) is 4.71. The van der Waals surface area contributed by atoms with Crippen LogP contribution in [0.3, 0.4) is 0 Å². The van der Waals surface area contributed by atoms with Crippen LogP contribution in [0.4, 0.5) is 0 Å². The van der Waals surface area contributed by atoms with Crippen LogP contribution in [0.1, 0.15) is 26.2 Å². The summed E-state index contributed by atoms with van der Waals surface area (Å²) in [5.74, 6) is 1.19. The third-order valence-corrected chi connectivity index (χ3v) is 2.57. The molecule has 0 radical (unpaired) electrons. The van der Waals surface area contributed by atoms with Gasteiger partial charge in [0.25, 0.3) is 0 Å². The molecule has 9 heavy (non-hydrogen) atoms. The van der Waals surface area contributed by atoms with Crippen molar-refractivity contribution in [3.63, 3.8) is 0 Å². The summed E-state index contributed by atoms with van der Waals surface area (Å²) >= 11 is 1.93. The molecule has 1 fully saturated rings. The summed E-state index contributed by atoms with van der Waals surface area (Å²) in [4.78, 5) is 0. The second-order valence-corrected chi connectivity index (χ2v) is 3.69. The topological polar surface area (TPSA) is 9.23 Å². The molecule has 1 aliphatic heterocycles. The van der Waals surface area contributed by atoms with Crippen LogP contribution in [-0.4, -0.2) is 17.8 Å². The Bertz CT molecular complexity index is 66.6. The smallest absolute Gasteiger partial charge is 0.103 e. The Morgan fingerprint density at radius 1 is 1.56 bits per heavy atom. The molecule has 0 saturated carbocycles. The first-order chi connectivity index (χ1) is 4.43. The van der Waals surface area contributed by atoms with Crippen LogP contribution in [0.5, 0.6) is 0 Å². The van der Waals surface area contributed by atoms with Crippen molar-refractivity contribution in [2.45, 2.75) is 31.6 Å². The van der Waals surface area contributed by atoms with Gasteiger partial charge in [-0.15, -0.1) is 11.8 Å². The third kappa shape index (κ3) is 2.59. The van der Waals surface area contributed by atoms with Gasteiger partial charge in [-0.05, 0) is 25.0 Å². The van der Waals surface area contributed by atoms with E-state index in [4.69, 9.17) is 4.74 Å². The van der Waals surface area contributed by atoms with Crippen molar-refractivity contribution < 1.29 is 4.74 Å². The number of hydrogen-bond donors (Lipinski definition) is 0. The second kappa shape index (κ2) is 4.18. The Morgan fingerprint density at radius 2 is 2.44 bits per heavy atom. The molecule has 0 bridgehead atoms. The highest BCUT2D eigenvalue weighted by molar-refractivity contribution is 7.99. The van der Waals surface area contributed by atoms with E-state index in [2.05, 4.69) is 6.92 Å². The maximum absolute atomic E-state index is 5.48. The Kier molecular flexibility index (Phi) is 3.44. The van der Waals surface area contributed by atoms with E-state index in [1.54, 1.807) is 0 Å². The van der Waals surface area contributed by atoms with E-state index in [0.717, 1.165) is 6.61 Å². The normalized spacial score (nSPS) is 28.3. The van der Waals surface area contributed by atoms with Crippen molar-refractivity contribution in [3.05, 3.63) is 0 Å². The van der Waals surface area contributed by atoms with Crippen molar-refractivity contribution in [2.24, 2.45) is 0 Å². The van der Waals surface area contributed by atoms with Crippen LogP contribution in [-0.2, 0) is 4.74 Å². The SMILES string of the molecule is CCSC1CCCCO1. The van der Waals surface area contributed by atoms with Crippen molar-refractivity contribution >= 4 is 11.8 Å². The van der Waals surface area contributed by atoms with Gasteiger partial charge in [0.2, 0.25) is 0 Å². The van der Waals surface area contributed by atoms with Crippen LogP contribution >= 0.6 is 11.8 Å². The lowest BCUT2D eigenvalue weighted by Crippen LogP contribution is -2.15. The van der Waals surface area contributed by atoms with Crippen molar-refractivity contribution in [1.82, 2.24) is 0 Å². The molecule has 0 amide bonds. The Morgan fingerprint density at radius 3 is 3.00 bits per heavy atom. The van der Waals surface area contributed by atoms with Gasteiger partial charge in [-0.25, -0.2) is 0 Å². The summed E-state index contributed by atoms with van der Waals surface area (Å²) in [5.41, 5.74) is 0.517. The molecule has 1 unspecified atom stereocenters. The predicted molar refractivity (Wildman–Crippen MR) is 41.7 cm³/mol. The fourth-order valence-corrected chi connectivity index (χ4v) is 1.93. The van der Waals surface area contributed by atoms with Gasteiger partial charge in [0, 0.05) is 6.61 Å². The molecule has 1 aliphatic rings. The maximum atomic E-state index is 5.48. The molecule has 2 heteroatoms. The zero-order valence-electron chi connectivity index (χ0n) is 5.93. The molecule has 0 N–H and O–H groups in total. The highest BCUT2D eigenvalue weighted by Gasteiger charge is 2.11. The molecule has 0 aromatic carbocycles. The lowest BCUT2D eigenvalue weighted by molar-refractivity contribution is 0.0729. The Balaban J connectivity index is 2.08. The molecule has 0 aromatic heterocycles. The zero-order valence-corrected chi connectivity index (χ0v) is 6.75. The fourth-order valence-electron chi connectivity index (χ4n) is 1.03. The van der Waals surface area contributed by atoms with Crippen molar-refractivity contribution in [3.8, 4) is 0 Å². The summed E-state index contributed by atoms with van der Waals surface area (Å²) in [5, 5.41) is 0. The van der Waals surface area contributed by atoms with E-state index in [0.29, 0.717) is 5.44 Å².